The Morgan fingerprint density at radius 1 is 1.17 bits per heavy atom. The second-order valence-corrected chi connectivity index (χ2v) is 3.91. The van der Waals surface area contributed by atoms with Crippen LogP contribution in [0.4, 0.5) is 5.95 Å². The first-order chi connectivity index (χ1) is 8.85. The van der Waals surface area contributed by atoms with Crippen molar-refractivity contribution in [1.82, 2.24) is 19.9 Å². The molecule has 0 radical (unpaired) electrons. The highest BCUT2D eigenvalue weighted by Crippen LogP contribution is 2.12. The molecule has 0 spiro atoms. The van der Waals surface area contributed by atoms with Crippen molar-refractivity contribution in [3.8, 4) is 0 Å². The van der Waals surface area contributed by atoms with Gasteiger partial charge in [-0.1, -0.05) is 12.1 Å². The van der Waals surface area contributed by atoms with E-state index in [-0.39, 0.29) is 0 Å². The number of benzene rings is 1. The highest BCUT2D eigenvalue weighted by Gasteiger charge is 1.98. The van der Waals surface area contributed by atoms with Gasteiger partial charge in [0.1, 0.15) is 5.82 Å². The summed E-state index contributed by atoms with van der Waals surface area (Å²) in [6.07, 6.45) is 5.63. The van der Waals surface area contributed by atoms with Crippen molar-refractivity contribution in [2.24, 2.45) is 0 Å². The zero-order chi connectivity index (χ0) is 12.4. The molecule has 0 aliphatic heterocycles. The molecule has 0 aliphatic carbocycles. The molecule has 3 N–H and O–H groups in total. The first-order valence-corrected chi connectivity index (χ1v) is 5.71. The van der Waals surface area contributed by atoms with Crippen LogP contribution in [0, 0.1) is 0 Å². The van der Waals surface area contributed by atoms with Crippen molar-refractivity contribution in [3.63, 3.8) is 0 Å². The van der Waals surface area contributed by atoms with Crippen LogP contribution in [0.2, 0.25) is 0 Å². The van der Waals surface area contributed by atoms with E-state index < -0.39 is 0 Å². The summed E-state index contributed by atoms with van der Waals surface area (Å²) in [7, 11) is 1.82. The maximum absolute atomic E-state index is 4.46. The summed E-state index contributed by atoms with van der Waals surface area (Å²) in [5, 5.41) is 2.94. The van der Waals surface area contributed by atoms with Crippen LogP contribution in [-0.2, 0) is 0 Å². The summed E-state index contributed by atoms with van der Waals surface area (Å²) in [5.41, 5.74) is 2.94. The van der Waals surface area contributed by atoms with Gasteiger partial charge in [0.25, 0.3) is 0 Å². The zero-order valence-corrected chi connectivity index (χ0v) is 9.94. The number of fused-ring (bicyclic) bond motifs is 1. The number of nitrogens with one attached hydrogen (secondary N) is 3. The van der Waals surface area contributed by atoms with Gasteiger partial charge in [-0.05, 0) is 24.3 Å². The molecule has 5 nitrogen and oxygen atoms in total. The first-order valence-electron chi connectivity index (χ1n) is 5.71. The largest absolute Gasteiger partial charge is 0.359 e. The molecule has 0 atom stereocenters. The van der Waals surface area contributed by atoms with E-state index in [0.717, 1.165) is 28.5 Å². The average Bonchev–Trinajstić information content (AvgIpc) is 3.02. The molecule has 2 heterocycles. The zero-order valence-electron chi connectivity index (χ0n) is 9.94. The number of hydrogen-bond donors (Lipinski definition) is 3. The molecule has 2 aromatic heterocycles. The number of rotatable bonds is 3. The molecule has 0 saturated heterocycles. The summed E-state index contributed by atoms with van der Waals surface area (Å²) in [4.78, 5) is 15.0. The Balaban J connectivity index is 1.87. The maximum Gasteiger partial charge on any atom is 0.200 e. The Bertz CT molecular complexity index is 659. The molecule has 0 aliphatic rings. The van der Waals surface area contributed by atoms with Gasteiger partial charge in [-0.25, -0.2) is 9.97 Å². The molecule has 0 amide bonds. The fourth-order valence-electron chi connectivity index (χ4n) is 1.77. The fourth-order valence-corrected chi connectivity index (χ4v) is 1.77. The van der Waals surface area contributed by atoms with E-state index in [1.807, 2.05) is 43.5 Å². The third-order valence-electron chi connectivity index (χ3n) is 2.66. The number of aromatic nitrogens is 4. The van der Waals surface area contributed by atoms with Crippen LogP contribution in [0.15, 0.2) is 30.5 Å². The standard InChI is InChI=1S/C13H13N5/c1-14-13-15-8-9(16-13)6-7-12-17-10-4-2-3-5-11(10)18-12/h2-8H,1H3,(H,17,18)(H2,14,15,16)/b7-6+. The molecular formula is C13H13N5. The minimum Gasteiger partial charge on any atom is -0.359 e. The van der Waals surface area contributed by atoms with Gasteiger partial charge >= 0.3 is 0 Å². The number of nitrogens with zero attached hydrogens (tertiary/aromatic N) is 2. The Morgan fingerprint density at radius 2 is 2.06 bits per heavy atom. The Hall–Kier alpha value is -2.56. The molecule has 3 rings (SSSR count). The summed E-state index contributed by atoms with van der Waals surface area (Å²) in [6.45, 7) is 0. The predicted octanol–water partition coefficient (Wildman–Crippen LogP) is 2.50. The van der Waals surface area contributed by atoms with Crippen molar-refractivity contribution in [3.05, 3.63) is 42.0 Å². The molecule has 0 bridgehead atoms. The summed E-state index contributed by atoms with van der Waals surface area (Å²) < 4.78 is 0. The topological polar surface area (TPSA) is 69.4 Å². The van der Waals surface area contributed by atoms with Gasteiger partial charge in [0.2, 0.25) is 0 Å². The van der Waals surface area contributed by atoms with E-state index in [4.69, 9.17) is 0 Å². The molecule has 0 fully saturated rings. The summed E-state index contributed by atoms with van der Waals surface area (Å²) in [6, 6.07) is 7.96. The molecule has 1 aromatic carbocycles. The molecule has 3 aromatic rings. The quantitative estimate of drug-likeness (QED) is 0.657. The van der Waals surface area contributed by atoms with Crippen molar-refractivity contribution in [1.29, 1.82) is 0 Å². The van der Waals surface area contributed by atoms with Crippen molar-refractivity contribution in [2.45, 2.75) is 0 Å². The summed E-state index contributed by atoms with van der Waals surface area (Å²) >= 11 is 0. The summed E-state index contributed by atoms with van der Waals surface area (Å²) in [5.74, 6) is 1.58. The van der Waals surface area contributed by atoms with E-state index in [9.17, 15) is 0 Å². The SMILES string of the molecule is CNc1ncc(/C=C/c2nc3ccccc3[nH]2)[nH]1. The Labute approximate surface area is 104 Å². The minimum absolute atomic E-state index is 0.749. The molecule has 5 heteroatoms. The van der Waals surface area contributed by atoms with Crippen LogP contribution in [0.5, 0.6) is 0 Å². The Morgan fingerprint density at radius 3 is 2.83 bits per heavy atom. The number of H-pyrrole nitrogens is 2. The van der Waals surface area contributed by atoms with E-state index in [0.29, 0.717) is 0 Å². The van der Waals surface area contributed by atoms with Crippen LogP contribution in [0.25, 0.3) is 23.2 Å². The predicted molar refractivity (Wildman–Crippen MR) is 73.2 cm³/mol. The number of anilines is 1. The van der Waals surface area contributed by atoms with Gasteiger partial charge in [-0.3, -0.25) is 0 Å². The third kappa shape index (κ3) is 1.98. The average molecular weight is 239 g/mol. The van der Waals surface area contributed by atoms with Gasteiger partial charge in [0, 0.05) is 7.05 Å². The molecule has 0 saturated carbocycles. The van der Waals surface area contributed by atoms with Gasteiger partial charge in [-0.2, -0.15) is 0 Å². The van der Waals surface area contributed by atoms with Gasteiger partial charge < -0.3 is 15.3 Å². The lowest BCUT2D eigenvalue weighted by molar-refractivity contribution is 1.26. The van der Waals surface area contributed by atoms with Crippen LogP contribution >= 0.6 is 0 Å². The number of para-hydroxylation sites is 2. The molecule has 18 heavy (non-hydrogen) atoms. The monoisotopic (exact) mass is 239 g/mol. The highest BCUT2D eigenvalue weighted by molar-refractivity contribution is 5.78. The third-order valence-corrected chi connectivity index (χ3v) is 2.66. The number of imidazole rings is 2. The highest BCUT2D eigenvalue weighted by atomic mass is 15.1. The van der Waals surface area contributed by atoms with Crippen LogP contribution in [0.3, 0.4) is 0 Å². The minimum atomic E-state index is 0.749. The molecule has 90 valence electrons. The second-order valence-electron chi connectivity index (χ2n) is 3.91. The Kier molecular flexibility index (Phi) is 2.57. The maximum atomic E-state index is 4.46. The number of aromatic amines is 2. The molecule has 0 unspecified atom stereocenters. The molecular weight excluding hydrogens is 226 g/mol. The smallest absolute Gasteiger partial charge is 0.200 e. The normalized spacial score (nSPS) is 11.4. The second kappa shape index (κ2) is 4.37. The lowest BCUT2D eigenvalue weighted by Crippen LogP contribution is -1.88. The van der Waals surface area contributed by atoms with E-state index in [1.165, 1.54) is 0 Å². The van der Waals surface area contributed by atoms with Gasteiger partial charge in [-0.15, -0.1) is 0 Å². The van der Waals surface area contributed by atoms with Gasteiger partial charge in [0.15, 0.2) is 5.95 Å². The lowest BCUT2D eigenvalue weighted by Gasteiger charge is -1.88. The van der Waals surface area contributed by atoms with Crippen LogP contribution in [-0.4, -0.2) is 27.0 Å². The van der Waals surface area contributed by atoms with E-state index >= 15 is 0 Å². The van der Waals surface area contributed by atoms with Crippen molar-refractivity contribution in [2.75, 3.05) is 12.4 Å². The van der Waals surface area contributed by atoms with Crippen LogP contribution < -0.4 is 5.32 Å². The van der Waals surface area contributed by atoms with Crippen molar-refractivity contribution >= 4 is 29.1 Å². The van der Waals surface area contributed by atoms with E-state index in [2.05, 4.69) is 25.3 Å². The van der Waals surface area contributed by atoms with Crippen molar-refractivity contribution < 1.29 is 0 Å². The number of hydrogen-bond acceptors (Lipinski definition) is 3. The van der Waals surface area contributed by atoms with Crippen LogP contribution in [0.1, 0.15) is 11.5 Å². The van der Waals surface area contributed by atoms with Gasteiger partial charge in [0.05, 0.1) is 22.9 Å². The van der Waals surface area contributed by atoms with E-state index in [1.54, 1.807) is 6.20 Å². The lowest BCUT2D eigenvalue weighted by atomic mass is 10.3. The first kappa shape index (κ1) is 10.6. The fraction of sp³-hybridized carbons (Fsp3) is 0.0769.